The van der Waals surface area contributed by atoms with Gasteiger partial charge in [0.25, 0.3) is 0 Å². The molecule has 0 aliphatic rings. The highest BCUT2D eigenvalue weighted by Crippen LogP contribution is 2.31. The lowest BCUT2D eigenvalue weighted by Crippen LogP contribution is -2.13. The van der Waals surface area contributed by atoms with E-state index in [4.69, 9.17) is 5.11 Å². The highest BCUT2D eigenvalue weighted by molar-refractivity contribution is 5.89. The van der Waals surface area contributed by atoms with E-state index in [-0.39, 0.29) is 11.0 Å². The molecule has 0 spiro atoms. The van der Waals surface area contributed by atoms with Gasteiger partial charge in [-0.1, -0.05) is 20.8 Å². The molecule has 19 heavy (non-hydrogen) atoms. The summed E-state index contributed by atoms with van der Waals surface area (Å²) >= 11 is 0. The van der Waals surface area contributed by atoms with Crippen LogP contribution in [0.15, 0.2) is 24.7 Å². The first-order chi connectivity index (χ1) is 8.79. The number of carboxylic acids is 1. The zero-order chi connectivity index (χ0) is 14.2. The van der Waals surface area contributed by atoms with Gasteiger partial charge in [0.1, 0.15) is 0 Å². The molecule has 0 aliphatic carbocycles. The van der Waals surface area contributed by atoms with E-state index in [9.17, 15) is 4.79 Å². The number of hydrogen-bond acceptors (Lipinski definition) is 3. The molecule has 5 nitrogen and oxygen atoms in total. The summed E-state index contributed by atoms with van der Waals surface area (Å²) in [6, 6.07) is 1.63. The molecule has 0 aliphatic heterocycles. The van der Waals surface area contributed by atoms with Gasteiger partial charge in [-0.3, -0.25) is 9.67 Å². The molecule has 100 valence electrons. The Morgan fingerprint density at radius 1 is 1.32 bits per heavy atom. The molecule has 5 heteroatoms. The Morgan fingerprint density at radius 2 is 2.00 bits per heavy atom. The fourth-order valence-electron chi connectivity index (χ4n) is 1.96. The molecule has 1 N–H and O–H groups in total. The summed E-state index contributed by atoms with van der Waals surface area (Å²) in [4.78, 5) is 15.0. The van der Waals surface area contributed by atoms with Gasteiger partial charge in [0, 0.05) is 42.2 Å². The molecule has 0 bridgehead atoms. The summed E-state index contributed by atoms with van der Waals surface area (Å²) in [6.07, 6.45) is 4.90. The average Bonchev–Trinajstić information content (AvgIpc) is 2.71. The second kappa shape index (κ2) is 4.50. The van der Waals surface area contributed by atoms with E-state index in [1.807, 2.05) is 13.2 Å². The Hall–Kier alpha value is -2.17. The van der Waals surface area contributed by atoms with E-state index in [1.54, 1.807) is 16.9 Å². The van der Waals surface area contributed by atoms with Crippen molar-refractivity contribution < 1.29 is 9.90 Å². The molecule has 0 radical (unpaired) electrons. The van der Waals surface area contributed by atoms with Crippen LogP contribution in [-0.2, 0) is 12.5 Å². The van der Waals surface area contributed by atoms with Crippen LogP contribution in [-0.4, -0.2) is 25.8 Å². The van der Waals surface area contributed by atoms with E-state index in [0.29, 0.717) is 0 Å². The van der Waals surface area contributed by atoms with Crippen LogP contribution in [0, 0.1) is 0 Å². The molecule has 0 saturated heterocycles. The monoisotopic (exact) mass is 259 g/mol. The number of aromatic carboxylic acids is 1. The Bertz CT molecular complexity index is 624. The minimum Gasteiger partial charge on any atom is -0.478 e. The van der Waals surface area contributed by atoms with Gasteiger partial charge in [-0.2, -0.15) is 5.10 Å². The smallest absolute Gasteiger partial charge is 0.337 e. The highest BCUT2D eigenvalue weighted by Gasteiger charge is 2.23. The maximum atomic E-state index is 11.0. The van der Waals surface area contributed by atoms with Gasteiger partial charge >= 0.3 is 5.97 Å². The van der Waals surface area contributed by atoms with Crippen molar-refractivity contribution in [2.45, 2.75) is 26.2 Å². The van der Waals surface area contributed by atoms with Crippen LogP contribution in [0.3, 0.4) is 0 Å². The lowest BCUT2D eigenvalue weighted by atomic mass is 9.88. The normalized spacial score (nSPS) is 11.6. The summed E-state index contributed by atoms with van der Waals surface area (Å²) in [5.41, 5.74) is 2.69. The fourth-order valence-corrected chi connectivity index (χ4v) is 1.96. The molecule has 0 atom stereocenters. The quantitative estimate of drug-likeness (QED) is 0.899. The number of aromatic nitrogens is 3. The molecule has 0 amide bonds. The number of pyridine rings is 1. The van der Waals surface area contributed by atoms with Crippen LogP contribution in [0.4, 0.5) is 0 Å². The van der Waals surface area contributed by atoms with Gasteiger partial charge < -0.3 is 5.11 Å². The van der Waals surface area contributed by atoms with Crippen LogP contribution < -0.4 is 0 Å². The Balaban J connectivity index is 2.59. The summed E-state index contributed by atoms with van der Waals surface area (Å²) in [7, 11) is 1.85. The minimum atomic E-state index is -0.976. The molecule has 2 rings (SSSR count). The fraction of sp³-hybridized carbons (Fsp3) is 0.357. The Morgan fingerprint density at radius 3 is 2.58 bits per heavy atom. The van der Waals surface area contributed by atoms with Crippen molar-refractivity contribution >= 4 is 5.97 Å². The molecule has 2 heterocycles. The molecular formula is C14H17N3O2. The number of hydrogen-bond donors (Lipinski definition) is 1. The van der Waals surface area contributed by atoms with Gasteiger partial charge in [0.15, 0.2) is 0 Å². The third-order valence-corrected chi connectivity index (χ3v) is 2.84. The minimum absolute atomic E-state index is 0.115. The first-order valence-corrected chi connectivity index (χ1v) is 6.02. The van der Waals surface area contributed by atoms with Crippen molar-refractivity contribution in [3.63, 3.8) is 0 Å². The van der Waals surface area contributed by atoms with Gasteiger partial charge in [0.05, 0.1) is 11.3 Å². The van der Waals surface area contributed by atoms with Crippen LogP contribution in [0.1, 0.15) is 36.8 Å². The third kappa shape index (κ3) is 2.65. The molecule has 0 saturated carbocycles. The van der Waals surface area contributed by atoms with Crippen LogP contribution in [0.2, 0.25) is 0 Å². The summed E-state index contributed by atoms with van der Waals surface area (Å²) in [6.45, 7) is 6.23. The van der Waals surface area contributed by atoms with E-state index < -0.39 is 5.97 Å². The summed E-state index contributed by atoms with van der Waals surface area (Å²) in [5.74, 6) is -0.976. The molecule has 2 aromatic heterocycles. The zero-order valence-electron chi connectivity index (χ0n) is 11.5. The van der Waals surface area contributed by atoms with Crippen molar-refractivity contribution in [1.82, 2.24) is 14.8 Å². The zero-order valence-corrected chi connectivity index (χ0v) is 11.5. The van der Waals surface area contributed by atoms with Crippen LogP contribution >= 0.6 is 0 Å². The lowest BCUT2D eigenvalue weighted by Gasteiger charge is -2.17. The second-order valence-electron chi connectivity index (χ2n) is 5.58. The number of rotatable bonds is 2. The predicted octanol–water partition coefficient (Wildman–Crippen LogP) is 2.48. The topological polar surface area (TPSA) is 68.0 Å². The maximum Gasteiger partial charge on any atom is 0.337 e. The summed E-state index contributed by atoms with van der Waals surface area (Å²) in [5, 5.41) is 13.5. The van der Waals surface area contributed by atoms with Crippen molar-refractivity contribution in [3.8, 4) is 11.1 Å². The molecule has 0 fully saturated rings. The first kappa shape index (κ1) is 13.3. The first-order valence-electron chi connectivity index (χ1n) is 6.02. The third-order valence-electron chi connectivity index (χ3n) is 2.84. The predicted molar refractivity (Wildman–Crippen MR) is 72.1 cm³/mol. The van der Waals surface area contributed by atoms with Gasteiger partial charge in [-0.15, -0.1) is 0 Å². The van der Waals surface area contributed by atoms with Gasteiger partial charge in [-0.25, -0.2) is 4.79 Å². The molecule has 0 aromatic carbocycles. The maximum absolute atomic E-state index is 11.0. The number of aryl methyl sites for hydroxylation is 1. The lowest BCUT2D eigenvalue weighted by molar-refractivity contribution is 0.0696. The van der Waals surface area contributed by atoms with Gasteiger partial charge in [0.2, 0.25) is 0 Å². The second-order valence-corrected chi connectivity index (χ2v) is 5.58. The number of carboxylic acid groups (broad SMARTS) is 1. The van der Waals surface area contributed by atoms with Crippen LogP contribution in [0.5, 0.6) is 0 Å². The highest BCUT2D eigenvalue weighted by atomic mass is 16.4. The molecule has 0 unspecified atom stereocenters. The van der Waals surface area contributed by atoms with Crippen molar-refractivity contribution in [2.75, 3.05) is 0 Å². The number of carbonyl (C=O) groups is 1. The van der Waals surface area contributed by atoms with Crippen molar-refractivity contribution in [3.05, 3.63) is 35.9 Å². The average molecular weight is 259 g/mol. The van der Waals surface area contributed by atoms with E-state index in [2.05, 4.69) is 30.9 Å². The molecule has 2 aromatic rings. The van der Waals surface area contributed by atoms with Crippen LogP contribution in [0.25, 0.3) is 11.1 Å². The van der Waals surface area contributed by atoms with E-state index in [1.165, 1.54) is 6.20 Å². The Kier molecular flexibility index (Phi) is 3.14. The van der Waals surface area contributed by atoms with E-state index >= 15 is 0 Å². The van der Waals surface area contributed by atoms with Gasteiger partial charge in [-0.05, 0) is 6.07 Å². The largest absolute Gasteiger partial charge is 0.478 e. The Labute approximate surface area is 111 Å². The van der Waals surface area contributed by atoms with Crippen molar-refractivity contribution in [2.24, 2.45) is 7.05 Å². The SMILES string of the molecule is Cn1cc(-c2cncc(C(=O)O)c2)c(C(C)(C)C)n1. The number of nitrogens with zero attached hydrogens (tertiary/aromatic N) is 3. The summed E-state index contributed by atoms with van der Waals surface area (Å²) < 4.78 is 1.74. The molecular weight excluding hydrogens is 242 g/mol. The van der Waals surface area contributed by atoms with Crippen molar-refractivity contribution in [1.29, 1.82) is 0 Å². The van der Waals surface area contributed by atoms with E-state index in [0.717, 1.165) is 16.8 Å². The standard InChI is InChI=1S/C14H17N3O2/c1-14(2,3)12-11(8-17(4)16-12)9-5-10(13(18)19)7-15-6-9/h5-8H,1-4H3,(H,18,19).